The molecule has 0 aliphatic carbocycles. The Morgan fingerprint density at radius 2 is 1.83 bits per heavy atom. The summed E-state index contributed by atoms with van der Waals surface area (Å²) in [5, 5.41) is 21.0. The van der Waals surface area contributed by atoms with E-state index in [-0.39, 0.29) is 12.1 Å². The fourth-order valence-electron chi connectivity index (χ4n) is 3.85. The van der Waals surface area contributed by atoms with Crippen molar-refractivity contribution < 1.29 is 18.3 Å². The van der Waals surface area contributed by atoms with E-state index in [1.807, 2.05) is 6.92 Å². The van der Waals surface area contributed by atoms with Crippen LogP contribution in [-0.4, -0.2) is 29.7 Å². The van der Waals surface area contributed by atoms with Crippen LogP contribution in [0.5, 0.6) is 0 Å². The van der Waals surface area contributed by atoms with Gasteiger partial charge in [-0.15, -0.1) is 0 Å². The molecule has 30 heavy (non-hydrogen) atoms. The quantitative estimate of drug-likeness (QED) is 0.521. The molecule has 4 rings (SSSR count). The molecule has 2 atom stereocenters. The maximum atomic E-state index is 14.8. The molecule has 0 aliphatic rings. The molecule has 0 bridgehead atoms. The van der Waals surface area contributed by atoms with Crippen LogP contribution in [-0.2, 0) is 18.6 Å². The molecule has 4 aromatic rings. The van der Waals surface area contributed by atoms with Crippen molar-refractivity contribution in [3.8, 4) is 0 Å². The second kappa shape index (κ2) is 7.56. The Labute approximate surface area is 170 Å². The van der Waals surface area contributed by atoms with Gasteiger partial charge in [0.2, 0.25) is 0 Å². The van der Waals surface area contributed by atoms with Crippen LogP contribution in [0.1, 0.15) is 31.1 Å². The highest BCUT2D eigenvalue weighted by Gasteiger charge is 2.41. The van der Waals surface area contributed by atoms with Crippen molar-refractivity contribution in [3.63, 3.8) is 0 Å². The number of benzene rings is 2. The number of aromatic nitrogens is 5. The fourth-order valence-corrected chi connectivity index (χ4v) is 3.85. The van der Waals surface area contributed by atoms with Gasteiger partial charge in [0, 0.05) is 28.8 Å². The minimum Gasteiger partial charge on any atom is -0.381 e. The van der Waals surface area contributed by atoms with Gasteiger partial charge in [0.15, 0.2) is 0 Å². The summed E-state index contributed by atoms with van der Waals surface area (Å²) in [6.07, 6.45) is 3.25. The van der Waals surface area contributed by atoms with Crippen LogP contribution in [0.3, 0.4) is 0 Å². The van der Waals surface area contributed by atoms with Gasteiger partial charge < -0.3 is 5.11 Å². The molecule has 0 saturated heterocycles. The van der Waals surface area contributed by atoms with E-state index in [2.05, 4.69) is 15.2 Å². The Morgan fingerprint density at radius 1 is 1.10 bits per heavy atom. The highest BCUT2D eigenvalue weighted by atomic mass is 19.1. The average Bonchev–Trinajstić information content (AvgIpc) is 3.33. The lowest BCUT2D eigenvalue weighted by Crippen LogP contribution is -2.41. The number of hydrogen-bond acceptors (Lipinski definition) is 4. The molecule has 6 nitrogen and oxygen atoms in total. The minimum absolute atomic E-state index is 0.0975. The zero-order valence-corrected chi connectivity index (χ0v) is 16.4. The molecule has 0 spiro atoms. The minimum atomic E-state index is -1.85. The number of aryl methyl sites for hydroxylation is 1. The van der Waals surface area contributed by atoms with Crippen molar-refractivity contribution in [2.75, 3.05) is 0 Å². The molecule has 9 heteroatoms. The molecule has 2 heterocycles. The molecule has 156 valence electrons. The standard InChI is InChI=1S/C21H20F3N5O/c1-3-20-16-6-4-15(23)9-19(16)27-29(20)13(2)21(30,10-28-12-25-11-26-28)17-7-5-14(22)8-18(17)24/h4-9,11-13,30H,3,10H2,1-2H3/t13-,21-/m1/s1. The lowest BCUT2D eigenvalue weighted by atomic mass is 9.86. The van der Waals surface area contributed by atoms with Crippen molar-refractivity contribution >= 4 is 10.9 Å². The maximum absolute atomic E-state index is 14.8. The largest absolute Gasteiger partial charge is 0.381 e. The Morgan fingerprint density at radius 3 is 2.50 bits per heavy atom. The van der Waals surface area contributed by atoms with Gasteiger partial charge in [0.05, 0.1) is 18.1 Å². The molecule has 0 saturated carbocycles. The molecule has 0 radical (unpaired) electrons. The van der Waals surface area contributed by atoms with Crippen LogP contribution in [0.4, 0.5) is 13.2 Å². The number of fused-ring (bicyclic) bond motifs is 1. The number of aliphatic hydroxyl groups is 1. The van der Waals surface area contributed by atoms with E-state index in [1.165, 1.54) is 35.5 Å². The number of nitrogens with zero attached hydrogens (tertiary/aromatic N) is 5. The highest BCUT2D eigenvalue weighted by molar-refractivity contribution is 5.81. The molecule has 0 aliphatic heterocycles. The van der Waals surface area contributed by atoms with Gasteiger partial charge in [0.25, 0.3) is 0 Å². The fraction of sp³-hybridized carbons (Fsp3) is 0.286. The van der Waals surface area contributed by atoms with Crippen LogP contribution in [0, 0.1) is 17.5 Å². The van der Waals surface area contributed by atoms with Gasteiger partial charge in [0.1, 0.15) is 35.7 Å². The topological polar surface area (TPSA) is 68.8 Å². The second-order valence-electron chi connectivity index (χ2n) is 7.22. The third-order valence-corrected chi connectivity index (χ3v) is 5.42. The van der Waals surface area contributed by atoms with E-state index in [9.17, 15) is 18.3 Å². The monoisotopic (exact) mass is 415 g/mol. The number of rotatable bonds is 6. The van der Waals surface area contributed by atoms with E-state index >= 15 is 0 Å². The van der Waals surface area contributed by atoms with E-state index < -0.39 is 29.1 Å². The van der Waals surface area contributed by atoms with E-state index in [4.69, 9.17) is 0 Å². The molecule has 2 aromatic heterocycles. The van der Waals surface area contributed by atoms with Gasteiger partial charge in [-0.25, -0.2) is 22.8 Å². The molecular formula is C21H20F3N5O. The van der Waals surface area contributed by atoms with Crippen LogP contribution < -0.4 is 0 Å². The normalized spacial score (nSPS) is 14.7. The summed E-state index contributed by atoms with van der Waals surface area (Å²) >= 11 is 0. The predicted molar refractivity (Wildman–Crippen MR) is 104 cm³/mol. The number of halogens is 3. The number of hydrogen-bond donors (Lipinski definition) is 1. The first kappa shape index (κ1) is 20.1. The molecule has 1 N–H and O–H groups in total. The van der Waals surface area contributed by atoms with E-state index in [0.29, 0.717) is 11.9 Å². The van der Waals surface area contributed by atoms with Gasteiger partial charge in [-0.1, -0.05) is 13.0 Å². The van der Waals surface area contributed by atoms with Crippen LogP contribution >= 0.6 is 0 Å². The molecule has 0 unspecified atom stereocenters. The SMILES string of the molecule is CCc1c2ccc(F)cc2nn1[C@H](C)[C@](O)(Cn1cncn1)c1ccc(F)cc1F. The first-order valence-electron chi connectivity index (χ1n) is 9.50. The Bertz CT molecular complexity index is 1190. The van der Waals surface area contributed by atoms with Crippen molar-refractivity contribution in [1.82, 2.24) is 24.5 Å². The summed E-state index contributed by atoms with van der Waals surface area (Å²) in [5.74, 6) is -2.06. The van der Waals surface area contributed by atoms with Gasteiger partial charge in [-0.3, -0.25) is 4.68 Å². The zero-order valence-electron chi connectivity index (χ0n) is 16.4. The summed E-state index contributed by atoms with van der Waals surface area (Å²) in [6.45, 7) is 3.45. The first-order chi connectivity index (χ1) is 14.3. The Kier molecular flexibility index (Phi) is 5.07. The van der Waals surface area contributed by atoms with E-state index in [1.54, 1.807) is 17.7 Å². The molecular weight excluding hydrogens is 395 g/mol. The second-order valence-corrected chi connectivity index (χ2v) is 7.22. The van der Waals surface area contributed by atoms with Gasteiger partial charge in [-0.2, -0.15) is 10.2 Å². The van der Waals surface area contributed by atoms with Crippen molar-refractivity contribution in [3.05, 3.63) is 77.8 Å². The predicted octanol–water partition coefficient (Wildman–Crippen LogP) is 3.76. The van der Waals surface area contributed by atoms with Crippen molar-refractivity contribution in [2.45, 2.75) is 38.5 Å². The molecule has 2 aromatic carbocycles. The summed E-state index contributed by atoms with van der Waals surface area (Å²) in [5.41, 5.74) is -0.756. The van der Waals surface area contributed by atoms with Crippen molar-refractivity contribution in [1.29, 1.82) is 0 Å². The lowest BCUT2D eigenvalue weighted by Gasteiger charge is -2.35. The highest BCUT2D eigenvalue weighted by Crippen LogP contribution is 2.38. The van der Waals surface area contributed by atoms with Crippen molar-refractivity contribution in [2.24, 2.45) is 0 Å². The smallest absolute Gasteiger partial charge is 0.137 e. The van der Waals surface area contributed by atoms with Crippen LogP contribution in [0.15, 0.2) is 49.1 Å². The van der Waals surface area contributed by atoms with Crippen LogP contribution in [0.25, 0.3) is 10.9 Å². The van der Waals surface area contributed by atoms with Crippen LogP contribution in [0.2, 0.25) is 0 Å². The van der Waals surface area contributed by atoms with E-state index in [0.717, 1.165) is 23.2 Å². The molecule has 0 amide bonds. The summed E-state index contributed by atoms with van der Waals surface area (Å²) in [4.78, 5) is 3.87. The lowest BCUT2D eigenvalue weighted by molar-refractivity contribution is -0.0374. The summed E-state index contributed by atoms with van der Waals surface area (Å²) < 4.78 is 45.0. The van der Waals surface area contributed by atoms with Gasteiger partial charge >= 0.3 is 0 Å². The molecule has 0 fully saturated rings. The Balaban J connectivity index is 1.90. The third kappa shape index (κ3) is 3.35. The Hall–Kier alpha value is -3.20. The summed E-state index contributed by atoms with van der Waals surface area (Å²) in [7, 11) is 0. The summed E-state index contributed by atoms with van der Waals surface area (Å²) in [6, 6.07) is 6.52. The van der Waals surface area contributed by atoms with Gasteiger partial charge in [-0.05, 0) is 31.5 Å². The first-order valence-corrected chi connectivity index (χ1v) is 9.50. The maximum Gasteiger partial charge on any atom is 0.137 e. The third-order valence-electron chi connectivity index (χ3n) is 5.42. The zero-order chi connectivity index (χ0) is 21.5. The average molecular weight is 415 g/mol.